The maximum atomic E-state index is 5.33. The quantitative estimate of drug-likeness (QED) is 0.620. The Morgan fingerprint density at radius 2 is 1.75 bits per heavy atom. The van der Waals surface area contributed by atoms with Crippen molar-refractivity contribution in [1.82, 2.24) is 0 Å². The fraction of sp³-hybridized carbons (Fsp3) is 1.00. The van der Waals surface area contributed by atoms with Crippen LogP contribution >= 0.6 is 0 Å². The van der Waals surface area contributed by atoms with Gasteiger partial charge in [0, 0.05) is 13.2 Å². The summed E-state index contributed by atoms with van der Waals surface area (Å²) in [6.07, 6.45) is 1.28. The maximum Gasteiger partial charge on any atom is 0.0497 e. The lowest BCUT2D eigenvalue weighted by Gasteiger charge is -2.20. The van der Waals surface area contributed by atoms with Crippen LogP contribution in [0.4, 0.5) is 0 Å². The predicted molar refractivity (Wildman–Crippen MR) is 54.3 cm³/mol. The minimum atomic E-state index is 0.812. The lowest BCUT2D eigenvalue weighted by Crippen LogP contribution is -2.16. The van der Waals surface area contributed by atoms with Crippen LogP contribution in [-0.4, -0.2) is 13.2 Å². The van der Waals surface area contributed by atoms with Gasteiger partial charge in [-0.1, -0.05) is 34.6 Å². The zero-order valence-electron chi connectivity index (χ0n) is 9.26. The Morgan fingerprint density at radius 1 is 1.17 bits per heavy atom. The number of hydrogen-bond acceptors (Lipinski definition) is 1. The molecule has 12 heavy (non-hydrogen) atoms. The van der Waals surface area contributed by atoms with Gasteiger partial charge in [0.05, 0.1) is 0 Å². The number of ether oxygens (including phenoxy) is 1. The minimum absolute atomic E-state index is 0.812. The van der Waals surface area contributed by atoms with Gasteiger partial charge in [-0.25, -0.2) is 0 Å². The SMILES string of the molecule is CC.CC(C)C(C)C1CCOC1. The van der Waals surface area contributed by atoms with Crippen LogP contribution in [0.15, 0.2) is 0 Å². The van der Waals surface area contributed by atoms with Gasteiger partial charge in [0.25, 0.3) is 0 Å². The molecule has 1 nitrogen and oxygen atoms in total. The summed E-state index contributed by atoms with van der Waals surface area (Å²) in [5, 5.41) is 0. The van der Waals surface area contributed by atoms with E-state index in [2.05, 4.69) is 20.8 Å². The average Bonchev–Trinajstić information content (AvgIpc) is 2.58. The molecular weight excluding hydrogens is 148 g/mol. The second-order valence-corrected chi connectivity index (χ2v) is 3.73. The largest absolute Gasteiger partial charge is 0.381 e. The van der Waals surface area contributed by atoms with E-state index >= 15 is 0 Å². The Balaban J connectivity index is 0.000000561. The van der Waals surface area contributed by atoms with Gasteiger partial charge >= 0.3 is 0 Å². The van der Waals surface area contributed by atoms with Crippen LogP contribution in [0.1, 0.15) is 41.0 Å². The van der Waals surface area contributed by atoms with Gasteiger partial charge in [0.15, 0.2) is 0 Å². The summed E-state index contributed by atoms with van der Waals surface area (Å²) in [5.41, 5.74) is 0. The summed E-state index contributed by atoms with van der Waals surface area (Å²) in [6.45, 7) is 12.9. The van der Waals surface area contributed by atoms with Crippen LogP contribution in [0.25, 0.3) is 0 Å². The van der Waals surface area contributed by atoms with Gasteiger partial charge in [-0.05, 0) is 24.2 Å². The smallest absolute Gasteiger partial charge is 0.0497 e. The zero-order chi connectivity index (χ0) is 9.56. The second kappa shape index (κ2) is 6.47. The van der Waals surface area contributed by atoms with Crippen molar-refractivity contribution in [3.8, 4) is 0 Å². The Hall–Kier alpha value is -0.0400. The van der Waals surface area contributed by atoms with E-state index in [-0.39, 0.29) is 0 Å². The summed E-state index contributed by atoms with van der Waals surface area (Å²) < 4.78 is 5.33. The molecule has 1 heteroatoms. The molecule has 1 heterocycles. The van der Waals surface area contributed by atoms with Crippen molar-refractivity contribution in [1.29, 1.82) is 0 Å². The van der Waals surface area contributed by atoms with E-state index in [1.54, 1.807) is 0 Å². The normalized spacial score (nSPS) is 25.0. The summed E-state index contributed by atoms with van der Waals surface area (Å²) in [4.78, 5) is 0. The molecule has 1 fully saturated rings. The van der Waals surface area contributed by atoms with Crippen LogP contribution < -0.4 is 0 Å². The van der Waals surface area contributed by atoms with Gasteiger partial charge in [0.2, 0.25) is 0 Å². The van der Waals surface area contributed by atoms with Crippen LogP contribution in [0.3, 0.4) is 0 Å². The highest BCUT2D eigenvalue weighted by molar-refractivity contribution is 4.72. The van der Waals surface area contributed by atoms with Gasteiger partial charge in [-0.2, -0.15) is 0 Å². The summed E-state index contributed by atoms with van der Waals surface area (Å²) in [5.74, 6) is 2.48. The molecule has 0 amide bonds. The summed E-state index contributed by atoms with van der Waals surface area (Å²) >= 11 is 0. The molecule has 0 bridgehead atoms. The van der Waals surface area contributed by atoms with E-state index in [9.17, 15) is 0 Å². The van der Waals surface area contributed by atoms with Crippen molar-refractivity contribution in [2.24, 2.45) is 17.8 Å². The minimum Gasteiger partial charge on any atom is -0.381 e. The molecule has 0 aromatic heterocycles. The second-order valence-electron chi connectivity index (χ2n) is 3.73. The van der Waals surface area contributed by atoms with Crippen LogP contribution in [0, 0.1) is 17.8 Å². The first-order valence-electron chi connectivity index (χ1n) is 5.29. The number of rotatable bonds is 2. The molecule has 0 aromatic rings. The van der Waals surface area contributed by atoms with Gasteiger partial charge < -0.3 is 4.74 Å². The molecule has 0 radical (unpaired) electrons. The first kappa shape index (κ1) is 12.0. The Kier molecular flexibility index (Phi) is 6.45. The summed E-state index contributed by atoms with van der Waals surface area (Å²) in [6, 6.07) is 0. The Bertz CT molecular complexity index is 93.2. The molecule has 0 aliphatic carbocycles. The molecule has 0 aromatic carbocycles. The molecule has 0 saturated carbocycles. The molecular formula is C11H24O. The molecule has 1 rings (SSSR count). The highest BCUT2D eigenvalue weighted by Gasteiger charge is 2.23. The van der Waals surface area contributed by atoms with Crippen molar-refractivity contribution in [3.05, 3.63) is 0 Å². The average molecular weight is 172 g/mol. The lowest BCUT2D eigenvalue weighted by atomic mass is 9.85. The standard InChI is InChI=1S/C9H18O.C2H6/c1-7(2)8(3)9-4-5-10-6-9;1-2/h7-9H,4-6H2,1-3H3;1-2H3. The van der Waals surface area contributed by atoms with Crippen molar-refractivity contribution in [2.45, 2.75) is 41.0 Å². The monoisotopic (exact) mass is 172 g/mol. The third kappa shape index (κ3) is 3.57. The molecule has 1 saturated heterocycles. The maximum absolute atomic E-state index is 5.33. The predicted octanol–water partition coefficient (Wildman–Crippen LogP) is 3.34. The van der Waals surface area contributed by atoms with Gasteiger partial charge in [0.1, 0.15) is 0 Å². The third-order valence-electron chi connectivity index (χ3n) is 2.76. The fourth-order valence-electron chi connectivity index (χ4n) is 1.51. The van der Waals surface area contributed by atoms with E-state index in [0.717, 1.165) is 31.0 Å². The van der Waals surface area contributed by atoms with Crippen molar-refractivity contribution < 1.29 is 4.74 Å². The van der Waals surface area contributed by atoms with Gasteiger partial charge in [-0.3, -0.25) is 0 Å². The molecule has 0 spiro atoms. The Morgan fingerprint density at radius 3 is 2.08 bits per heavy atom. The van der Waals surface area contributed by atoms with Crippen LogP contribution in [0.5, 0.6) is 0 Å². The molecule has 1 aliphatic heterocycles. The van der Waals surface area contributed by atoms with Crippen molar-refractivity contribution >= 4 is 0 Å². The van der Waals surface area contributed by atoms with E-state index in [4.69, 9.17) is 4.74 Å². The van der Waals surface area contributed by atoms with Crippen molar-refractivity contribution in [3.63, 3.8) is 0 Å². The molecule has 2 unspecified atom stereocenters. The highest BCUT2D eigenvalue weighted by Crippen LogP contribution is 2.26. The molecule has 1 aliphatic rings. The highest BCUT2D eigenvalue weighted by atomic mass is 16.5. The first-order chi connectivity index (χ1) is 5.72. The Labute approximate surface area is 77.5 Å². The van der Waals surface area contributed by atoms with E-state index < -0.39 is 0 Å². The van der Waals surface area contributed by atoms with Crippen molar-refractivity contribution in [2.75, 3.05) is 13.2 Å². The van der Waals surface area contributed by atoms with E-state index in [0.29, 0.717) is 0 Å². The number of hydrogen-bond donors (Lipinski definition) is 0. The third-order valence-corrected chi connectivity index (χ3v) is 2.76. The summed E-state index contributed by atoms with van der Waals surface area (Å²) in [7, 11) is 0. The van der Waals surface area contributed by atoms with E-state index in [1.807, 2.05) is 13.8 Å². The zero-order valence-corrected chi connectivity index (χ0v) is 9.26. The topological polar surface area (TPSA) is 9.23 Å². The van der Waals surface area contributed by atoms with E-state index in [1.165, 1.54) is 6.42 Å². The van der Waals surface area contributed by atoms with Gasteiger partial charge in [-0.15, -0.1) is 0 Å². The molecule has 74 valence electrons. The van der Waals surface area contributed by atoms with Crippen LogP contribution in [0.2, 0.25) is 0 Å². The first-order valence-corrected chi connectivity index (χ1v) is 5.29. The fourth-order valence-corrected chi connectivity index (χ4v) is 1.51. The lowest BCUT2D eigenvalue weighted by molar-refractivity contribution is 0.164. The van der Waals surface area contributed by atoms with Crippen LogP contribution in [-0.2, 0) is 4.74 Å². The molecule has 2 atom stereocenters. The molecule has 0 N–H and O–H groups in total.